The average Bonchev–Trinajstić information content (AvgIpc) is 3.45. The van der Waals surface area contributed by atoms with Crippen LogP contribution in [-0.2, 0) is 11.3 Å². The summed E-state index contributed by atoms with van der Waals surface area (Å²) in [6, 6.07) is 13.4. The lowest BCUT2D eigenvalue weighted by Gasteiger charge is -2.09. The molecule has 3 aromatic rings. The minimum atomic E-state index is -0.611. The third kappa shape index (κ3) is 3.68. The lowest BCUT2D eigenvalue weighted by molar-refractivity contribution is -0.385. The zero-order valence-corrected chi connectivity index (χ0v) is 14.8. The summed E-state index contributed by atoms with van der Waals surface area (Å²) in [7, 11) is 0. The van der Waals surface area contributed by atoms with Crippen molar-refractivity contribution in [3.8, 4) is 5.69 Å². The fourth-order valence-corrected chi connectivity index (χ4v) is 2.92. The lowest BCUT2D eigenvalue weighted by atomic mass is 10.3. The van der Waals surface area contributed by atoms with Gasteiger partial charge in [-0.1, -0.05) is 18.2 Å². The number of carbonyl (C=O) groups is 1. The number of pyridine rings is 1. The summed E-state index contributed by atoms with van der Waals surface area (Å²) in [6.45, 7) is -0.334. The molecule has 28 heavy (non-hydrogen) atoms. The first-order valence-corrected chi connectivity index (χ1v) is 8.81. The molecule has 2 aromatic heterocycles. The number of benzene rings is 1. The third-order valence-electron chi connectivity index (χ3n) is 4.48. The van der Waals surface area contributed by atoms with Crippen molar-refractivity contribution in [2.75, 3.05) is 5.32 Å². The van der Waals surface area contributed by atoms with Crippen LogP contribution in [0.2, 0.25) is 0 Å². The van der Waals surface area contributed by atoms with Gasteiger partial charge in [0, 0.05) is 24.1 Å². The predicted molar refractivity (Wildman–Crippen MR) is 102 cm³/mol. The molecular formula is C19H17N5O4. The number of nitro groups is 1. The van der Waals surface area contributed by atoms with Gasteiger partial charge in [-0.15, -0.1) is 0 Å². The van der Waals surface area contributed by atoms with Crippen molar-refractivity contribution in [2.24, 2.45) is 0 Å². The highest BCUT2D eigenvalue weighted by atomic mass is 16.6. The van der Waals surface area contributed by atoms with Gasteiger partial charge in [-0.25, -0.2) is 4.68 Å². The van der Waals surface area contributed by atoms with E-state index < -0.39 is 16.4 Å². The maximum absolute atomic E-state index is 12.5. The van der Waals surface area contributed by atoms with E-state index in [1.165, 1.54) is 0 Å². The minimum absolute atomic E-state index is 0.252. The van der Waals surface area contributed by atoms with Crippen LogP contribution in [0.1, 0.15) is 24.5 Å². The number of amides is 1. The van der Waals surface area contributed by atoms with Crippen molar-refractivity contribution < 1.29 is 9.72 Å². The molecule has 1 amide bonds. The van der Waals surface area contributed by atoms with Crippen LogP contribution in [0.15, 0.2) is 59.5 Å². The highest BCUT2D eigenvalue weighted by Gasteiger charge is 2.28. The molecule has 1 saturated carbocycles. The van der Waals surface area contributed by atoms with Crippen molar-refractivity contribution in [3.63, 3.8) is 0 Å². The van der Waals surface area contributed by atoms with Crippen molar-refractivity contribution in [1.29, 1.82) is 0 Å². The van der Waals surface area contributed by atoms with Gasteiger partial charge < -0.3 is 5.32 Å². The van der Waals surface area contributed by atoms with E-state index in [9.17, 15) is 19.7 Å². The van der Waals surface area contributed by atoms with Gasteiger partial charge in [-0.05, 0) is 25.0 Å². The molecule has 0 spiro atoms. The zero-order valence-electron chi connectivity index (χ0n) is 14.8. The molecule has 0 aliphatic heterocycles. The Kier molecular flexibility index (Phi) is 4.48. The number of nitrogens with zero attached hydrogens (tertiary/aromatic N) is 4. The summed E-state index contributed by atoms with van der Waals surface area (Å²) in [6.07, 6.45) is 3.20. The monoisotopic (exact) mass is 379 g/mol. The Morgan fingerprint density at radius 1 is 1.21 bits per heavy atom. The predicted octanol–water partition coefficient (Wildman–Crippen LogP) is 2.46. The number of hydrogen-bond donors (Lipinski definition) is 1. The molecule has 142 valence electrons. The number of nitrogens with one attached hydrogen (secondary N) is 1. The molecule has 1 aliphatic carbocycles. The summed E-state index contributed by atoms with van der Waals surface area (Å²) in [5, 5.41) is 18.3. The van der Waals surface area contributed by atoms with Crippen LogP contribution in [0.3, 0.4) is 0 Å². The highest BCUT2D eigenvalue weighted by Crippen LogP contribution is 2.40. The van der Waals surface area contributed by atoms with Gasteiger partial charge in [0.25, 0.3) is 11.2 Å². The summed E-state index contributed by atoms with van der Waals surface area (Å²) in [4.78, 5) is 34.7. The Morgan fingerprint density at radius 2 is 1.96 bits per heavy atom. The number of aromatic nitrogens is 3. The van der Waals surface area contributed by atoms with Crippen LogP contribution in [0.5, 0.6) is 0 Å². The first-order chi connectivity index (χ1) is 13.5. The maximum Gasteiger partial charge on any atom is 0.285 e. The summed E-state index contributed by atoms with van der Waals surface area (Å²) >= 11 is 0. The fraction of sp³-hybridized carbons (Fsp3) is 0.211. The van der Waals surface area contributed by atoms with Gasteiger partial charge >= 0.3 is 0 Å². The zero-order chi connectivity index (χ0) is 19.7. The van der Waals surface area contributed by atoms with Gasteiger partial charge in [0.2, 0.25) is 5.91 Å². The fourth-order valence-electron chi connectivity index (χ4n) is 2.92. The van der Waals surface area contributed by atoms with E-state index in [1.54, 1.807) is 4.68 Å². The van der Waals surface area contributed by atoms with Crippen LogP contribution >= 0.6 is 0 Å². The van der Waals surface area contributed by atoms with Gasteiger partial charge in [-0.3, -0.25) is 24.3 Å². The Labute approximate surface area is 159 Å². The van der Waals surface area contributed by atoms with Crippen molar-refractivity contribution in [3.05, 3.63) is 80.9 Å². The highest BCUT2D eigenvalue weighted by molar-refractivity contribution is 5.90. The molecule has 0 saturated heterocycles. The van der Waals surface area contributed by atoms with E-state index in [2.05, 4.69) is 10.4 Å². The summed E-state index contributed by atoms with van der Waals surface area (Å²) < 4.78 is 2.67. The minimum Gasteiger partial charge on any atom is -0.309 e. The molecule has 1 N–H and O–H groups in total. The topological polar surface area (TPSA) is 112 Å². The number of rotatable bonds is 6. The molecule has 1 aromatic carbocycles. The van der Waals surface area contributed by atoms with Gasteiger partial charge in [0.05, 0.1) is 22.5 Å². The first kappa shape index (κ1) is 17.7. The summed E-state index contributed by atoms with van der Waals surface area (Å²) in [5.74, 6) is 0.429. The van der Waals surface area contributed by atoms with Crippen LogP contribution in [0.4, 0.5) is 11.5 Å². The second-order valence-electron chi connectivity index (χ2n) is 6.63. The Bertz CT molecular complexity index is 1100. The van der Waals surface area contributed by atoms with E-state index in [4.69, 9.17) is 0 Å². The third-order valence-corrected chi connectivity index (χ3v) is 4.48. The molecule has 0 atom stereocenters. The Balaban J connectivity index is 1.59. The second kappa shape index (κ2) is 7.10. The van der Waals surface area contributed by atoms with Gasteiger partial charge in [0.15, 0.2) is 0 Å². The Hall–Kier alpha value is -3.75. The quantitative estimate of drug-likeness (QED) is 0.522. The standard InChI is InChI=1S/C19H17N5O4/c25-18(12-22-11-15(24(27)28)8-9-19(22)26)20-17-10-16(13-6-7-13)21-23(17)14-4-2-1-3-5-14/h1-5,8-11,13H,6-7,12H2,(H,20,25). The normalized spacial score (nSPS) is 13.3. The smallest absolute Gasteiger partial charge is 0.285 e. The van der Waals surface area contributed by atoms with E-state index in [0.717, 1.165) is 47.1 Å². The molecule has 1 fully saturated rings. The molecule has 2 heterocycles. The number of hydrogen-bond acceptors (Lipinski definition) is 5. The molecule has 9 nitrogen and oxygen atoms in total. The molecule has 4 rings (SSSR count). The van der Waals surface area contributed by atoms with Crippen LogP contribution in [-0.4, -0.2) is 25.2 Å². The number of anilines is 1. The van der Waals surface area contributed by atoms with Crippen LogP contribution in [0, 0.1) is 10.1 Å². The summed E-state index contributed by atoms with van der Waals surface area (Å²) in [5.41, 5.74) is 0.970. The number of carbonyl (C=O) groups excluding carboxylic acids is 1. The van der Waals surface area contributed by atoms with Crippen LogP contribution in [0.25, 0.3) is 5.69 Å². The molecule has 9 heteroatoms. The largest absolute Gasteiger partial charge is 0.309 e. The maximum atomic E-state index is 12.5. The Morgan fingerprint density at radius 3 is 2.64 bits per heavy atom. The van der Waals surface area contributed by atoms with E-state index >= 15 is 0 Å². The molecule has 0 bridgehead atoms. The number of para-hydroxylation sites is 1. The SMILES string of the molecule is O=C(Cn1cc([N+](=O)[O-])ccc1=O)Nc1cc(C2CC2)nn1-c1ccccc1. The molecule has 0 radical (unpaired) electrons. The van der Waals surface area contributed by atoms with Crippen molar-refractivity contribution >= 4 is 17.4 Å². The lowest BCUT2D eigenvalue weighted by Crippen LogP contribution is -2.27. The van der Waals surface area contributed by atoms with Crippen LogP contribution < -0.4 is 10.9 Å². The van der Waals surface area contributed by atoms with Gasteiger partial charge in [-0.2, -0.15) is 5.10 Å². The average molecular weight is 379 g/mol. The van der Waals surface area contributed by atoms with E-state index in [0.29, 0.717) is 11.7 Å². The van der Waals surface area contributed by atoms with E-state index in [-0.39, 0.29) is 12.2 Å². The van der Waals surface area contributed by atoms with Gasteiger partial charge in [0.1, 0.15) is 12.4 Å². The first-order valence-electron chi connectivity index (χ1n) is 8.81. The van der Waals surface area contributed by atoms with Crippen molar-refractivity contribution in [1.82, 2.24) is 14.3 Å². The molecule has 1 aliphatic rings. The van der Waals surface area contributed by atoms with E-state index in [1.807, 2.05) is 36.4 Å². The second-order valence-corrected chi connectivity index (χ2v) is 6.63. The molecule has 0 unspecified atom stereocenters. The van der Waals surface area contributed by atoms with Crippen molar-refractivity contribution in [2.45, 2.75) is 25.3 Å². The molecular weight excluding hydrogens is 362 g/mol.